The molecule has 0 radical (unpaired) electrons. The molecule has 1 aromatic carbocycles. The van der Waals surface area contributed by atoms with E-state index in [2.05, 4.69) is 21.8 Å². The number of nitrogens with zero attached hydrogens (tertiary/aromatic N) is 3. The van der Waals surface area contributed by atoms with Gasteiger partial charge in [0, 0.05) is 43.6 Å². The van der Waals surface area contributed by atoms with Crippen molar-refractivity contribution in [2.45, 2.75) is 45.7 Å². The van der Waals surface area contributed by atoms with Gasteiger partial charge in [-0.3, -0.25) is 9.69 Å². The first-order valence-corrected chi connectivity index (χ1v) is 9.34. The van der Waals surface area contributed by atoms with Gasteiger partial charge in [0.1, 0.15) is 11.6 Å². The molecule has 1 aliphatic rings. The number of amides is 1. The first kappa shape index (κ1) is 18.5. The molecule has 1 aromatic heterocycles. The molecule has 0 bridgehead atoms. The molecule has 2 aromatic rings. The van der Waals surface area contributed by atoms with E-state index in [0.717, 1.165) is 55.3 Å². The molecule has 3 rings (SSSR count). The van der Waals surface area contributed by atoms with E-state index in [0.29, 0.717) is 6.54 Å². The van der Waals surface area contributed by atoms with Crippen molar-refractivity contribution < 1.29 is 9.53 Å². The average molecular weight is 356 g/mol. The van der Waals surface area contributed by atoms with E-state index in [1.165, 1.54) is 0 Å². The predicted octanol–water partition coefficient (Wildman–Crippen LogP) is 3.00. The summed E-state index contributed by atoms with van der Waals surface area (Å²) in [6, 6.07) is 7.50. The number of benzene rings is 1. The number of anilines is 1. The Balaban J connectivity index is 1.62. The minimum atomic E-state index is -0.159. The van der Waals surface area contributed by atoms with Crippen LogP contribution < -0.4 is 9.64 Å². The fourth-order valence-electron chi connectivity index (χ4n) is 3.32. The van der Waals surface area contributed by atoms with Crippen molar-refractivity contribution in [1.82, 2.24) is 14.9 Å². The maximum Gasteiger partial charge on any atom is 0.244 e. The zero-order valence-electron chi connectivity index (χ0n) is 15.9. The summed E-state index contributed by atoms with van der Waals surface area (Å²) in [5, 5.41) is 0. The van der Waals surface area contributed by atoms with Gasteiger partial charge in [0.25, 0.3) is 0 Å². The lowest BCUT2D eigenvalue weighted by Crippen LogP contribution is -2.55. The second kappa shape index (κ2) is 8.36. The standard InChI is InChI=1S/C20H28N4O2/c1-4-5-6-19-21-13-16(22-19)14-23-11-12-24(20(25)15(23)2)17-7-9-18(26-3)10-8-17/h7-10,13,15H,4-6,11-12,14H2,1-3H3,(H,21,22)/t15-/m0/s1. The monoisotopic (exact) mass is 356 g/mol. The molecule has 0 aliphatic carbocycles. The SMILES string of the molecule is CCCCc1ncc(CN2CCN(c3ccc(OC)cc3)C(=O)[C@@H]2C)[nH]1. The quantitative estimate of drug-likeness (QED) is 0.828. The largest absolute Gasteiger partial charge is 0.497 e. The van der Waals surface area contributed by atoms with Crippen molar-refractivity contribution in [3.63, 3.8) is 0 Å². The Morgan fingerprint density at radius 2 is 2.04 bits per heavy atom. The second-order valence-corrected chi connectivity index (χ2v) is 6.79. The van der Waals surface area contributed by atoms with Crippen molar-refractivity contribution in [3.05, 3.63) is 42.0 Å². The van der Waals surface area contributed by atoms with Gasteiger partial charge in [-0.25, -0.2) is 4.98 Å². The highest BCUT2D eigenvalue weighted by Gasteiger charge is 2.32. The van der Waals surface area contributed by atoms with E-state index in [1.807, 2.05) is 42.3 Å². The fraction of sp³-hybridized carbons (Fsp3) is 0.500. The van der Waals surface area contributed by atoms with Crippen LogP contribution in [0.2, 0.25) is 0 Å². The van der Waals surface area contributed by atoms with Crippen LogP contribution in [0.15, 0.2) is 30.5 Å². The average Bonchev–Trinajstić information content (AvgIpc) is 3.11. The van der Waals surface area contributed by atoms with Gasteiger partial charge >= 0.3 is 0 Å². The van der Waals surface area contributed by atoms with Crippen LogP contribution in [0.1, 0.15) is 38.2 Å². The third-order valence-electron chi connectivity index (χ3n) is 4.99. The highest BCUT2D eigenvalue weighted by Crippen LogP contribution is 2.24. The van der Waals surface area contributed by atoms with Crippen molar-refractivity contribution in [2.75, 3.05) is 25.1 Å². The van der Waals surface area contributed by atoms with E-state index in [4.69, 9.17) is 4.74 Å². The topological polar surface area (TPSA) is 61.5 Å². The number of imidazole rings is 1. The predicted molar refractivity (Wildman–Crippen MR) is 102 cm³/mol. The maximum absolute atomic E-state index is 12.9. The number of carbonyl (C=O) groups is 1. The Morgan fingerprint density at radius 1 is 1.27 bits per heavy atom. The summed E-state index contributed by atoms with van der Waals surface area (Å²) in [5.41, 5.74) is 2.00. The first-order chi connectivity index (χ1) is 12.6. The molecule has 1 amide bonds. The molecule has 6 nitrogen and oxygen atoms in total. The Morgan fingerprint density at radius 3 is 2.73 bits per heavy atom. The highest BCUT2D eigenvalue weighted by molar-refractivity contribution is 5.97. The normalized spacial score (nSPS) is 18.3. The van der Waals surface area contributed by atoms with E-state index >= 15 is 0 Å². The second-order valence-electron chi connectivity index (χ2n) is 6.79. The molecule has 1 atom stereocenters. The summed E-state index contributed by atoms with van der Waals surface area (Å²) in [7, 11) is 1.64. The number of methoxy groups -OCH3 is 1. The van der Waals surface area contributed by atoms with Gasteiger partial charge < -0.3 is 14.6 Å². The Labute approximate surface area is 155 Å². The van der Waals surface area contributed by atoms with Crippen LogP contribution in [0.3, 0.4) is 0 Å². The molecular weight excluding hydrogens is 328 g/mol. The van der Waals surface area contributed by atoms with Crippen LogP contribution in [0.4, 0.5) is 5.69 Å². The number of carbonyl (C=O) groups excluding carboxylic acids is 1. The smallest absolute Gasteiger partial charge is 0.244 e. The lowest BCUT2D eigenvalue weighted by Gasteiger charge is -2.38. The summed E-state index contributed by atoms with van der Waals surface area (Å²) in [6.45, 7) is 6.41. The number of aryl methyl sites for hydroxylation is 1. The summed E-state index contributed by atoms with van der Waals surface area (Å²) >= 11 is 0. The number of hydrogen-bond acceptors (Lipinski definition) is 4. The zero-order valence-corrected chi connectivity index (χ0v) is 15.9. The van der Waals surface area contributed by atoms with Crippen LogP contribution in [0, 0.1) is 0 Å². The van der Waals surface area contributed by atoms with Crippen molar-refractivity contribution in [3.8, 4) is 5.75 Å². The van der Waals surface area contributed by atoms with E-state index in [1.54, 1.807) is 7.11 Å². The Bertz CT molecular complexity index is 726. The molecule has 0 saturated carbocycles. The minimum Gasteiger partial charge on any atom is -0.497 e. The number of rotatable bonds is 7. The molecule has 26 heavy (non-hydrogen) atoms. The maximum atomic E-state index is 12.9. The van der Waals surface area contributed by atoms with Crippen LogP contribution in [0.25, 0.3) is 0 Å². The van der Waals surface area contributed by atoms with E-state index in [9.17, 15) is 4.79 Å². The third-order valence-corrected chi connectivity index (χ3v) is 4.99. The Kier molecular flexibility index (Phi) is 5.93. The summed E-state index contributed by atoms with van der Waals surface area (Å²) in [5.74, 6) is 1.97. The highest BCUT2D eigenvalue weighted by atomic mass is 16.5. The molecule has 1 fully saturated rings. The molecule has 6 heteroatoms. The molecule has 140 valence electrons. The van der Waals surface area contributed by atoms with Crippen LogP contribution in [0.5, 0.6) is 5.75 Å². The number of ether oxygens (including phenoxy) is 1. The van der Waals surface area contributed by atoms with Crippen LogP contribution >= 0.6 is 0 Å². The number of nitrogens with one attached hydrogen (secondary N) is 1. The number of unbranched alkanes of at least 4 members (excludes halogenated alkanes) is 1. The Hall–Kier alpha value is -2.34. The van der Waals surface area contributed by atoms with Gasteiger partial charge in [0.05, 0.1) is 13.2 Å². The number of aromatic amines is 1. The van der Waals surface area contributed by atoms with Crippen molar-refractivity contribution in [1.29, 1.82) is 0 Å². The summed E-state index contributed by atoms with van der Waals surface area (Å²) in [4.78, 5) is 24.8. The lowest BCUT2D eigenvalue weighted by molar-refractivity contribution is -0.125. The van der Waals surface area contributed by atoms with E-state index in [-0.39, 0.29) is 11.9 Å². The molecule has 1 aliphatic heterocycles. The molecule has 2 heterocycles. The van der Waals surface area contributed by atoms with Gasteiger partial charge in [0.2, 0.25) is 5.91 Å². The number of H-pyrrole nitrogens is 1. The van der Waals surface area contributed by atoms with Gasteiger partial charge in [0.15, 0.2) is 0 Å². The summed E-state index contributed by atoms with van der Waals surface area (Å²) in [6.07, 6.45) is 5.19. The third kappa shape index (κ3) is 4.07. The molecule has 1 N–H and O–H groups in total. The molecule has 0 unspecified atom stereocenters. The van der Waals surface area contributed by atoms with Gasteiger partial charge in [-0.05, 0) is 37.6 Å². The summed E-state index contributed by atoms with van der Waals surface area (Å²) < 4.78 is 5.19. The van der Waals surface area contributed by atoms with E-state index < -0.39 is 0 Å². The fourth-order valence-corrected chi connectivity index (χ4v) is 3.32. The molecule has 0 spiro atoms. The number of piperazine rings is 1. The van der Waals surface area contributed by atoms with Crippen molar-refractivity contribution >= 4 is 11.6 Å². The van der Waals surface area contributed by atoms with Crippen LogP contribution in [-0.4, -0.2) is 47.0 Å². The molecular formula is C20H28N4O2. The van der Waals surface area contributed by atoms with Crippen molar-refractivity contribution in [2.24, 2.45) is 0 Å². The minimum absolute atomic E-state index is 0.132. The van der Waals surface area contributed by atoms with Crippen LogP contribution in [-0.2, 0) is 17.8 Å². The molecule has 1 saturated heterocycles. The zero-order chi connectivity index (χ0) is 18.5. The van der Waals surface area contributed by atoms with Gasteiger partial charge in [-0.1, -0.05) is 13.3 Å². The lowest BCUT2D eigenvalue weighted by atomic mass is 10.1. The van der Waals surface area contributed by atoms with Gasteiger partial charge in [-0.15, -0.1) is 0 Å². The van der Waals surface area contributed by atoms with Gasteiger partial charge in [-0.2, -0.15) is 0 Å². The number of aromatic nitrogens is 2. The first-order valence-electron chi connectivity index (χ1n) is 9.34. The number of hydrogen-bond donors (Lipinski definition) is 1.